The van der Waals surface area contributed by atoms with Crippen molar-refractivity contribution in [3.63, 3.8) is 0 Å². The van der Waals surface area contributed by atoms with Gasteiger partial charge in [-0.05, 0) is 55.8 Å². The lowest BCUT2D eigenvalue weighted by Gasteiger charge is -2.17. The van der Waals surface area contributed by atoms with Crippen molar-refractivity contribution in [2.75, 3.05) is 26.1 Å². The number of amides is 2. The summed E-state index contributed by atoms with van der Waals surface area (Å²) < 4.78 is 15.5. The van der Waals surface area contributed by atoms with E-state index in [1.807, 2.05) is 32.0 Å². The van der Waals surface area contributed by atoms with Gasteiger partial charge in [0.15, 0.2) is 11.5 Å². The number of anilines is 1. The van der Waals surface area contributed by atoms with E-state index in [4.69, 9.17) is 9.47 Å². The van der Waals surface area contributed by atoms with Gasteiger partial charge in [0.1, 0.15) is 0 Å². The number of carbonyl (C=O) groups excluding carboxylic acids is 2. The number of methoxy groups -OCH3 is 2. The first-order chi connectivity index (χ1) is 13.0. The second-order valence-corrected chi connectivity index (χ2v) is 5.73. The van der Waals surface area contributed by atoms with E-state index in [0.29, 0.717) is 29.4 Å². The SMILES string of the molecule is CCOc1ccc([C@@H](C)NC(=O)Nc2ccc(C(=O)OC)cc2)cc1OC. The van der Waals surface area contributed by atoms with Crippen LogP contribution in [-0.4, -0.2) is 32.8 Å². The van der Waals surface area contributed by atoms with Crippen LogP contribution in [0.1, 0.15) is 35.8 Å². The van der Waals surface area contributed by atoms with E-state index >= 15 is 0 Å². The second-order valence-electron chi connectivity index (χ2n) is 5.73. The Morgan fingerprint density at radius 3 is 2.33 bits per heavy atom. The van der Waals surface area contributed by atoms with Crippen LogP contribution in [0.3, 0.4) is 0 Å². The van der Waals surface area contributed by atoms with Gasteiger partial charge in [0.05, 0.1) is 32.4 Å². The van der Waals surface area contributed by atoms with Crippen molar-refractivity contribution in [3.05, 3.63) is 53.6 Å². The lowest BCUT2D eigenvalue weighted by atomic mass is 10.1. The van der Waals surface area contributed by atoms with E-state index in [1.165, 1.54) is 7.11 Å². The molecule has 0 aromatic heterocycles. The molecule has 7 nitrogen and oxygen atoms in total. The predicted octanol–water partition coefficient (Wildman–Crippen LogP) is 3.76. The van der Waals surface area contributed by atoms with Crippen LogP contribution in [0.5, 0.6) is 11.5 Å². The Hall–Kier alpha value is -3.22. The lowest BCUT2D eigenvalue weighted by Crippen LogP contribution is -2.31. The summed E-state index contributed by atoms with van der Waals surface area (Å²) >= 11 is 0. The zero-order valence-corrected chi connectivity index (χ0v) is 15.9. The number of nitrogens with one attached hydrogen (secondary N) is 2. The summed E-state index contributed by atoms with van der Waals surface area (Å²) in [7, 11) is 2.89. The Kier molecular flexibility index (Phi) is 7.05. The molecule has 0 aliphatic heterocycles. The Morgan fingerprint density at radius 1 is 1.04 bits per heavy atom. The van der Waals surface area contributed by atoms with Crippen LogP contribution < -0.4 is 20.1 Å². The van der Waals surface area contributed by atoms with E-state index < -0.39 is 5.97 Å². The maximum atomic E-state index is 12.2. The maximum absolute atomic E-state index is 12.2. The summed E-state index contributed by atoms with van der Waals surface area (Å²) in [5.41, 5.74) is 1.86. The average molecular weight is 372 g/mol. The van der Waals surface area contributed by atoms with Crippen molar-refractivity contribution in [2.24, 2.45) is 0 Å². The molecular weight excluding hydrogens is 348 g/mol. The summed E-state index contributed by atoms with van der Waals surface area (Å²) in [5.74, 6) is 0.844. The number of urea groups is 1. The van der Waals surface area contributed by atoms with Crippen molar-refractivity contribution in [1.29, 1.82) is 0 Å². The second kappa shape index (κ2) is 9.47. The molecule has 2 N–H and O–H groups in total. The average Bonchev–Trinajstić information content (AvgIpc) is 2.68. The quantitative estimate of drug-likeness (QED) is 0.723. The van der Waals surface area contributed by atoms with Gasteiger partial charge in [-0.3, -0.25) is 0 Å². The molecule has 0 aliphatic rings. The molecule has 2 aromatic rings. The van der Waals surface area contributed by atoms with Gasteiger partial charge in [-0.15, -0.1) is 0 Å². The molecule has 0 unspecified atom stereocenters. The Labute approximate surface area is 158 Å². The first kappa shape index (κ1) is 20.1. The minimum absolute atomic E-state index is 0.246. The van der Waals surface area contributed by atoms with E-state index in [-0.39, 0.29) is 12.1 Å². The molecule has 1 atom stereocenters. The van der Waals surface area contributed by atoms with E-state index in [2.05, 4.69) is 15.4 Å². The minimum Gasteiger partial charge on any atom is -0.493 e. The smallest absolute Gasteiger partial charge is 0.337 e. The molecule has 0 heterocycles. The van der Waals surface area contributed by atoms with Gasteiger partial charge in [-0.2, -0.15) is 0 Å². The fourth-order valence-corrected chi connectivity index (χ4v) is 2.48. The zero-order valence-electron chi connectivity index (χ0n) is 15.9. The normalized spacial score (nSPS) is 11.3. The van der Waals surface area contributed by atoms with Gasteiger partial charge in [0.25, 0.3) is 0 Å². The highest BCUT2D eigenvalue weighted by Gasteiger charge is 2.13. The minimum atomic E-state index is -0.427. The van der Waals surface area contributed by atoms with Gasteiger partial charge in [-0.25, -0.2) is 9.59 Å². The molecular formula is C20H24N2O5. The van der Waals surface area contributed by atoms with E-state index in [1.54, 1.807) is 31.4 Å². The van der Waals surface area contributed by atoms with Gasteiger partial charge < -0.3 is 24.8 Å². The van der Waals surface area contributed by atoms with Crippen molar-refractivity contribution in [1.82, 2.24) is 5.32 Å². The van der Waals surface area contributed by atoms with Gasteiger partial charge in [-0.1, -0.05) is 6.07 Å². The number of esters is 1. The van der Waals surface area contributed by atoms with Crippen molar-refractivity contribution in [2.45, 2.75) is 19.9 Å². The van der Waals surface area contributed by atoms with Gasteiger partial charge in [0, 0.05) is 5.69 Å². The number of benzene rings is 2. The van der Waals surface area contributed by atoms with Gasteiger partial charge in [0.2, 0.25) is 0 Å². The Morgan fingerprint density at radius 2 is 1.74 bits per heavy atom. The van der Waals surface area contributed by atoms with Crippen LogP contribution in [0.15, 0.2) is 42.5 Å². The number of hydrogen-bond acceptors (Lipinski definition) is 5. The summed E-state index contributed by atoms with van der Waals surface area (Å²) in [4.78, 5) is 23.7. The molecule has 0 spiro atoms. The largest absolute Gasteiger partial charge is 0.493 e. The van der Waals surface area contributed by atoms with Crippen molar-refractivity contribution >= 4 is 17.7 Å². The molecule has 144 valence electrons. The van der Waals surface area contributed by atoms with E-state index in [9.17, 15) is 9.59 Å². The van der Waals surface area contributed by atoms with Gasteiger partial charge >= 0.3 is 12.0 Å². The fourth-order valence-electron chi connectivity index (χ4n) is 2.48. The highest BCUT2D eigenvalue weighted by atomic mass is 16.5. The molecule has 2 rings (SSSR count). The highest BCUT2D eigenvalue weighted by molar-refractivity contribution is 5.92. The lowest BCUT2D eigenvalue weighted by molar-refractivity contribution is 0.0600. The molecule has 2 amide bonds. The standard InChI is InChI=1S/C20H24N2O5/c1-5-27-17-11-8-15(12-18(17)25-3)13(2)21-20(24)22-16-9-6-14(7-10-16)19(23)26-4/h6-13H,5H2,1-4H3,(H2,21,22,24)/t13-/m1/s1. The van der Waals surface area contributed by atoms with Crippen LogP contribution in [0.4, 0.5) is 10.5 Å². The van der Waals surface area contributed by atoms with Crippen molar-refractivity contribution in [3.8, 4) is 11.5 Å². The third-order valence-electron chi connectivity index (χ3n) is 3.90. The highest BCUT2D eigenvalue weighted by Crippen LogP contribution is 2.30. The fraction of sp³-hybridized carbons (Fsp3) is 0.300. The van der Waals surface area contributed by atoms with Crippen LogP contribution in [0.25, 0.3) is 0 Å². The number of ether oxygens (including phenoxy) is 3. The third kappa shape index (κ3) is 5.37. The van der Waals surface area contributed by atoms with E-state index in [0.717, 1.165) is 5.56 Å². The van der Waals surface area contributed by atoms with Crippen LogP contribution in [0, 0.1) is 0 Å². The molecule has 0 bridgehead atoms. The molecule has 7 heteroatoms. The molecule has 27 heavy (non-hydrogen) atoms. The summed E-state index contributed by atoms with van der Waals surface area (Å²) in [6, 6.07) is 11.4. The van der Waals surface area contributed by atoms with Crippen molar-refractivity contribution < 1.29 is 23.8 Å². The Bertz CT molecular complexity index is 789. The summed E-state index contributed by atoms with van der Waals surface area (Å²) in [6.07, 6.45) is 0. The molecule has 0 aliphatic carbocycles. The van der Waals surface area contributed by atoms with Crippen LogP contribution >= 0.6 is 0 Å². The molecule has 0 radical (unpaired) electrons. The number of hydrogen-bond donors (Lipinski definition) is 2. The Balaban J connectivity index is 1.99. The topological polar surface area (TPSA) is 85.9 Å². The predicted molar refractivity (Wildman–Crippen MR) is 103 cm³/mol. The maximum Gasteiger partial charge on any atom is 0.337 e. The number of rotatable bonds is 7. The molecule has 0 saturated carbocycles. The first-order valence-corrected chi connectivity index (χ1v) is 8.55. The molecule has 0 saturated heterocycles. The summed E-state index contributed by atoms with van der Waals surface area (Å²) in [5, 5.41) is 5.59. The number of carbonyl (C=O) groups is 2. The molecule has 0 fully saturated rings. The monoisotopic (exact) mass is 372 g/mol. The summed E-state index contributed by atoms with van der Waals surface area (Å²) in [6.45, 7) is 4.31. The molecule has 2 aromatic carbocycles. The van der Waals surface area contributed by atoms with Crippen LogP contribution in [0.2, 0.25) is 0 Å². The van der Waals surface area contributed by atoms with Crippen LogP contribution in [-0.2, 0) is 4.74 Å². The third-order valence-corrected chi connectivity index (χ3v) is 3.90. The first-order valence-electron chi connectivity index (χ1n) is 8.55. The zero-order chi connectivity index (χ0) is 19.8.